The second-order valence-corrected chi connectivity index (χ2v) is 17.3. The number of anilines is 3. The van der Waals surface area contributed by atoms with Gasteiger partial charge >= 0.3 is 0 Å². The normalized spacial score (nSPS) is 14.5. The van der Waals surface area contributed by atoms with Crippen molar-refractivity contribution in [1.82, 2.24) is 0 Å². The molecular formula is C56H41NO. The smallest absolute Gasteiger partial charge is 0.143 e. The Balaban J connectivity index is 1.18. The van der Waals surface area contributed by atoms with Gasteiger partial charge in [-0.2, -0.15) is 0 Å². The zero-order valence-electron chi connectivity index (χ0n) is 33.1. The van der Waals surface area contributed by atoms with Crippen molar-refractivity contribution in [3.05, 3.63) is 198 Å². The third-order valence-corrected chi connectivity index (χ3v) is 13.4. The van der Waals surface area contributed by atoms with E-state index >= 15 is 0 Å². The first-order valence-corrected chi connectivity index (χ1v) is 20.4. The van der Waals surface area contributed by atoms with E-state index in [-0.39, 0.29) is 10.8 Å². The van der Waals surface area contributed by atoms with Gasteiger partial charge in [0.2, 0.25) is 0 Å². The number of fused-ring (bicyclic) bond motifs is 14. The fraction of sp³-hybridized carbons (Fsp3) is 0.107. The van der Waals surface area contributed by atoms with Gasteiger partial charge in [0.1, 0.15) is 11.2 Å². The number of hydrogen-bond donors (Lipinski definition) is 0. The SMILES string of the molecule is CC1(C)c2ccccc2-c2ccc(N(c3ccc4c(c3)C(C)(C)c3ccccc3-4)c3cc4oc5c6ccccc6c6ccccc6c5c4cc3-c3ccccc3)cc21. The molecule has 12 rings (SSSR count). The van der Waals surface area contributed by atoms with E-state index in [1.54, 1.807) is 0 Å². The Hall–Kier alpha value is -6.90. The predicted octanol–water partition coefficient (Wildman–Crippen LogP) is 15.6. The largest absolute Gasteiger partial charge is 0.455 e. The van der Waals surface area contributed by atoms with E-state index in [1.807, 2.05) is 0 Å². The Morgan fingerprint density at radius 1 is 0.379 bits per heavy atom. The van der Waals surface area contributed by atoms with Crippen molar-refractivity contribution in [3.63, 3.8) is 0 Å². The molecule has 2 nitrogen and oxygen atoms in total. The van der Waals surface area contributed by atoms with Gasteiger partial charge in [0, 0.05) is 50.0 Å². The maximum absolute atomic E-state index is 7.10. The van der Waals surface area contributed by atoms with Crippen LogP contribution >= 0.6 is 0 Å². The Kier molecular flexibility index (Phi) is 6.78. The Morgan fingerprint density at radius 3 is 1.47 bits per heavy atom. The van der Waals surface area contributed by atoms with Crippen LogP contribution in [0.5, 0.6) is 0 Å². The van der Waals surface area contributed by atoms with Gasteiger partial charge in [-0.05, 0) is 96.6 Å². The van der Waals surface area contributed by atoms with Crippen LogP contribution < -0.4 is 4.90 Å². The molecule has 9 aromatic carbocycles. The molecule has 10 aromatic rings. The van der Waals surface area contributed by atoms with Crippen LogP contribution in [-0.4, -0.2) is 0 Å². The summed E-state index contributed by atoms with van der Waals surface area (Å²) in [4.78, 5) is 2.49. The first-order chi connectivity index (χ1) is 28.3. The molecule has 2 heteroatoms. The molecule has 0 N–H and O–H groups in total. The summed E-state index contributed by atoms with van der Waals surface area (Å²) in [5, 5.41) is 7.07. The van der Waals surface area contributed by atoms with E-state index in [9.17, 15) is 0 Å². The predicted molar refractivity (Wildman–Crippen MR) is 244 cm³/mol. The summed E-state index contributed by atoms with van der Waals surface area (Å²) in [5.74, 6) is 0. The van der Waals surface area contributed by atoms with E-state index in [2.05, 4.69) is 209 Å². The minimum absolute atomic E-state index is 0.151. The average Bonchev–Trinajstić information content (AvgIpc) is 3.84. The summed E-state index contributed by atoms with van der Waals surface area (Å²) in [7, 11) is 0. The molecule has 0 saturated carbocycles. The molecule has 0 amide bonds. The molecule has 276 valence electrons. The van der Waals surface area contributed by atoms with Crippen molar-refractivity contribution in [2.45, 2.75) is 38.5 Å². The third kappa shape index (κ3) is 4.49. The average molecular weight is 744 g/mol. The fourth-order valence-corrected chi connectivity index (χ4v) is 10.6. The van der Waals surface area contributed by atoms with E-state index in [4.69, 9.17) is 4.42 Å². The van der Waals surface area contributed by atoms with E-state index in [0.717, 1.165) is 55.5 Å². The highest BCUT2D eigenvalue weighted by molar-refractivity contribution is 6.30. The molecule has 0 radical (unpaired) electrons. The second kappa shape index (κ2) is 11.8. The van der Waals surface area contributed by atoms with Crippen molar-refractivity contribution in [3.8, 4) is 33.4 Å². The van der Waals surface area contributed by atoms with Gasteiger partial charge < -0.3 is 9.32 Å². The van der Waals surface area contributed by atoms with Crippen LogP contribution in [0.15, 0.2) is 180 Å². The van der Waals surface area contributed by atoms with Crippen LogP contribution in [0.2, 0.25) is 0 Å². The lowest BCUT2D eigenvalue weighted by atomic mass is 9.82. The monoisotopic (exact) mass is 743 g/mol. The maximum Gasteiger partial charge on any atom is 0.143 e. The molecule has 2 aliphatic rings. The molecule has 0 saturated heterocycles. The van der Waals surface area contributed by atoms with Gasteiger partial charge in [-0.25, -0.2) is 0 Å². The van der Waals surface area contributed by atoms with Gasteiger partial charge in [-0.1, -0.05) is 167 Å². The fourth-order valence-electron chi connectivity index (χ4n) is 10.6. The van der Waals surface area contributed by atoms with Gasteiger partial charge in [-0.3, -0.25) is 0 Å². The first kappa shape index (κ1) is 33.3. The molecule has 1 aromatic heterocycles. The standard InChI is InChI=1S/C56H41NO/c1-55(2)47-24-14-12-20-39(47)41-28-26-35(30-49(41)55)57(36-27-29-42-40-21-13-15-25-48(40)56(3,4)50(42)31-36)51-33-52-46(32-45(51)34-16-6-5-7-17-34)53-43-22-10-8-18-37(43)38-19-9-11-23-44(38)54(53)58-52/h5-33H,1-4H3. The first-order valence-electron chi connectivity index (χ1n) is 20.4. The van der Waals surface area contributed by atoms with Crippen molar-refractivity contribution in [1.29, 1.82) is 0 Å². The van der Waals surface area contributed by atoms with Gasteiger partial charge in [-0.15, -0.1) is 0 Å². The molecule has 2 aliphatic carbocycles. The van der Waals surface area contributed by atoms with E-state index < -0.39 is 0 Å². The molecular weight excluding hydrogens is 703 g/mol. The number of benzene rings is 9. The lowest BCUT2D eigenvalue weighted by Gasteiger charge is -2.31. The quantitative estimate of drug-likeness (QED) is 0.167. The van der Waals surface area contributed by atoms with Gasteiger partial charge in [0.05, 0.1) is 5.69 Å². The number of furan rings is 1. The Morgan fingerprint density at radius 2 is 0.862 bits per heavy atom. The molecule has 0 atom stereocenters. The van der Waals surface area contributed by atoms with Crippen LogP contribution in [-0.2, 0) is 10.8 Å². The molecule has 0 aliphatic heterocycles. The minimum atomic E-state index is -0.151. The van der Waals surface area contributed by atoms with Crippen molar-refractivity contribution in [2.24, 2.45) is 0 Å². The van der Waals surface area contributed by atoms with Crippen molar-refractivity contribution in [2.75, 3.05) is 4.90 Å². The molecule has 0 bridgehead atoms. The molecule has 1 heterocycles. The van der Waals surface area contributed by atoms with Crippen LogP contribution in [0.25, 0.3) is 76.9 Å². The molecule has 0 fully saturated rings. The van der Waals surface area contributed by atoms with E-state index in [0.29, 0.717) is 0 Å². The topological polar surface area (TPSA) is 16.4 Å². The molecule has 58 heavy (non-hydrogen) atoms. The van der Waals surface area contributed by atoms with Crippen LogP contribution in [0.1, 0.15) is 49.9 Å². The summed E-state index contributed by atoms with van der Waals surface area (Å²) in [6.45, 7) is 9.47. The lowest BCUT2D eigenvalue weighted by Crippen LogP contribution is -2.18. The Bertz CT molecular complexity index is 3240. The zero-order valence-corrected chi connectivity index (χ0v) is 33.1. The maximum atomic E-state index is 7.10. The lowest BCUT2D eigenvalue weighted by molar-refractivity contribution is 0.660. The van der Waals surface area contributed by atoms with Crippen molar-refractivity contribution < 1.29 is 4.42 Å². The Labute approximate surface area is 338 Å². The van der Waals surface area contributed by atoms with E-state index in [1.165, 1.54) is 60.7 Å². The van der Waals surface area contributed by atoms with Crippen LogP contribution in [0, 0.1) is 0 Å². The summed E-state index contributed by atoms with van der Waals surface area (Å²) in [5.41, 5.74) is 17.8. The third-order valence-electron chi connectivity index (χ3n) is 13.4. The van der Waals surface area contributed by atoms with Gasteiger partial charge in [0.15, 0.2) is 0 Å². The number of hydrogen-bond acceptors (Lipinski definition) is 2. The zero-order chi connectivity index (χ0) is 38.9. The summed E-state index contributed by atoms with van der Waals surface area (Å²) in [6.07, 6.45) is 0. The summed E-state index contributed by atoms with van der Waals surface area (Å²) >= 11 is 0. The minimum Gasteiger partial charge on any atom is -0.455 e. The number of rotatable bonds is 4. The molecule has 0 unspecified atom stereocenters. The number of nitrogens with zero attached hydrogens (tertiary/aromatic N) is 1. The highest BCUT2D eigenvalue weighted by Crippen LogP contribution is 2.54. The van der Waals surface area contributed by atoms with Crippen LogP contribution in [0.3, 0.4) is 0 Å². The van der Waals surface area contributed by atoms with Crippen molar-refractivity contribution >= 4 is 60.5 Å². The van der Waals surface area contributed by atoms with Gasteiger partial charge in [0.25, 0.3) is 0 Å². The highest BCUT2D eigenvalue weighted by Gasteiger charge is 2.38. The second-order valence-electron chi connectivity index (χ2n) is 17.3. The molecule has 0 spiro atoms. The highest BCUT2D eigenvalue weighted by atomic mass is 16.3. The summed E-state index contributed by atoms with van der Waals surface area (Å²) in [6, 6.07) is 65.0. The van der Waals surface area contributed by atoms with Crippen LogP contribution in [0.4, 0.5) is 17.1 Å². The summed E-state index contributed by atoms with van der Waals surface area (Å²) < 4.78 is 7.10.